The largest absolute Gasteiger partial charge is 0.348 e. The van der Waals surface area contributed by atoms with Gasteiger partial charge in [0.2, 0.25) is 5.91 Å². The lowest BCUT2D eigenvalue weighted by atomic mass is 10.1. The van der Waals surface area contributed by atoms with Crippen molar-refractivity contribution in [2.75, 3.05) is 5.32 Å². The third-order valence-corrected chi connectivity index (χ3v) is 4.02. The van der Waals surface area contributed by atoms with E-state index in [9.17, 15) is 27.2 Å². The first-order chi connectivity index (χ1) is 14.4. The smallest absolute Gasteiger partial charge is 0.257 e. The zero-order valence-corrected chi connectivity index (χ0v) is 15.3. The van der Waals surface area contributed by atoms with Crippen LogP contribution in [0.3, 0.4) is 0 Å². The number of nitrogens with zero attached hydrogens (tertiary/aromatic N) is 2. The number of hydrogen-bond donors (Lipinski definition) is 2. The Morgan fingerprint density at radius 2 is 1.40 bits per heavy atom. The Balaban J connectivity index is 1.80. The lowest BCUT2D eigenvalue weighted by molar-refractivity contribution is -0.115. The van der Waals surface area contributed by atoms with Gasteiger partial charge in [0.05, 0.1) is 6.42 Å². The molecule has 0 saturated carbocycles. The Labute approximate surface area is 168 Å². The first-order valence-electron chi connectivity index (χ1n) is 8.60. The van der Waals surface area contributed by atoms with Crippen LogP contribution < -0.4 is 10.6 Å². The van der Waals surface area contributed by atoms with Crippen molar-refractivity contribution in [2.24, 2.45) is 0 Å². The number of pyridine rings is 2. The fourth-order valence-corrected chi connectivity index (χ4v) is 2.59. The van der Waals surface area contributed by atoms with Crippen molar-refractivity contribution in [3.05, 3.63) is 89.0 Å². The van der Waals surface area contributed by atoms with Crippen LogP contribution in [0.2, 0.25) is 0 Å². The number of carbonyl (C=O) groups excluding carboxylic acids is 2. The van der Waals surface area contributed by atoms with E-state index in [4.69, 9.17) is 0 Å². The Morgan fingerprint density at radius 1 is 0.833 bits per heavy atom. The number of carbonyl (C=O) groups is 2. The van der Waals surface area contributed by atoms with E-state index < -0.39 is 46.3 Å². The summed E-state index contributed by atoms with van der Waals surface area (Å²) >= 11 is 0. The highest BCUT2D eigenvalue weighted by Gasteiger charge is 2.30. The van der Waals surface area contributed by atoms with E-state index in [1.807, 2.05) is 0 Å². The first kappa shape index (κ1) is 20.9. The predicted molar refractivity (Wildman–Crippen MR) is 98.3 cm³/mol. The quantitative estimate of drug-likeness (QED) is 0.476. The van der Waals surface area contributed by atoms with Gasteiger partial charge in [0.15, 0.2) is 23.3 Å². The van der Waals surface area contributed by atoms with E-state index in [-0.39, 0.29) is 13.0 Å². The lowest BCUT2D eigenvalue weighted by Gasteiger charge is -2.13. The van der Waals surface area contributed by atoms with Gasteiger partial charge in [-0.15, -0.1) is 0 Å². The normalized spacial score (nSPS) is 10.5. The van der Waals surface area contributed by atoms with Crippen molar-refractivity contribution in [1.82, 2.24) is 15.3 Å². The molecule has 0 aliphatic heterocycles. The fraction of sp³-hybridized carbons (Fsp3) is 0.100. The van der Waals surface area contributed by atoms with Crippen molar-refractivity contribution in [3.63, 3.8) is 0 Å². The molecule has 0 saturated heterocycles. The minimum atomic E-state index is -1.92. The van der Waals surface area contributed by atoms with Crippen LogP contribution in [0.5, 0.6) is 0 Å². The van der Waals surface area contributed by atoms with Gasteiger partial charge < -0.3 is 10.6 Å². The zero-order chi connectivity index (χ0) is 21.7. The number of amides is 2. The highest BCUT2D eigenvalue weighted by Crippen LogP contribution is 2.28. The molecule has 2 amide bonds. The van der Waals surface area contributed by atoms with E-state index in [1.165, 1.54) is 30.9 Å². The van der Waals surface area contributed by atoms with Crippen LogP contribution in [0.15, 0.2) is 49.1 Å². The SMILES string of the molecule is O=C(Cc1cccnc1)Nc1c(F)c(F)c(C(=O)NCc2cccnc2)c(F)c1F. The molecule has 0 unspecified atom stereocenters. The van der Waals surface area contributed by atoms with Gasteiger partial charge >= 0.3 is 0 Å². The molecule has 2 heterocycles. The summed E-state index contributed by atoms with van der Waals surface area (Å²) in [6.45, 7) is -0.168. The molecular weight excluding hydrogens is 404 g/mol. The maximum Gasteiger partial charge on any atom is 0.257 e. The van der Waals surface area contributed by atoms with Crippen LogP contribution in [0, 0.1) is 23.3 Å². The molecule has 3 aromatic rings. The minimum Gasteiger partial charge on any atom is -0.348 e. The molecule has 0 spiro atoms. The van der Waals surface area contributed by atoms with E-state index in [2.05, 4.69) is 15.3 Å². The van der Waals surface area contributed by atoms with Gasteiger partial charge in [-0.05, 0) is 23.3 Å². The molecule has 154 valence electrons. The molecule has 30 heavy (non-hydrogen) atoms. The molecule has 0 radical (unpaired) electrons. The van der Waals surface area contributed by atoms with Crippen molar-refractivity contribution in [2.45, 2.75) is 13.0 Å². The van der Waals surface area contributed by atoms with Crippen molar-refractivity contribution >= 4 is 17.5 Å². The van der Waals surface area contributed by atoms with Crippen LogP contribution >= 0.6 is 0 Å². The number of rotatable bonds is 6. The van der Waals surface area contributed by atoms with Gasteiger partial charge in [-0.1, -0.05) is 12.1 Å². The van der Waals surface area contributed by atoms with Crippen LogP contribution in [-0.2, 0) is 17.8 Å². The maximum absolute atomic E-state index is 14.3. The Bertz CT molecular complexity index is 1050. The first-order valence-corrected chi connectivity index (χ1v) is 8.60. The van der Waals surface area contributed by atoms with E-state index in [0.717, 1.165) is 0 Å². The third kappa shape index (κ3) is 4.59. The molecule has 3 rings (SSSR count). The summed E-state index contributed by atoms with van der Waals surface area (Å²) in [6, 6.07) is 6.24. The fourth-order valence-electron chi connectivity index (χ4n) is 2.59. The van der Waals surface area contributed by atoms with Crippen LogP contribution in [0.1, 0.15) is 21.5 Å². The third-order valence-electron chi connectivity index (χ3n) is 4.02. The Morgan fingerprint density at radius 3 is 1.93 bits per heavy atom. The van der Waals surface area contributed by atoms with Gasteiger partial charge in [-0.25, -0.2) is 17.6 Å². The second-order valence-corrected chi connectivity index (χ2v) is 6.14. The molecule has 6 nitrogen and oxygen atoms in total. The number of aromatic nitrogens is 2. The average molecular weight is 418 g/mol. The monoisotopic (exact) mass is 418 g/mol. The highest BCUT2D eigenvalue weighted by molar-refractivity contribution is 5.97. The Kier molecular flexibility index (Phi) is 6.35. The molecular formula is C20H14F4N4O2. The summed E-state index contributed by atoms with van der Waals surface area (Å²) < 4.78 is 57.3. The van der Waals surface area contributed by atoms with Crippen LogP contribution in [0.25, 0.3) is 0 Å². The Hall–Kier alpha value is -3.82. The molecule has 0 aliphatic carbocycles. The number of nitrogens with one attached hydrogen (secondary N) is 2. The van der Waals surface area contributed by atoms with Crippen LogP contribution in [-0.4, -0.2) is 21.8 Å². The van der Waals surface area contributed by atoms with Gasteiger partial charge in [-0.2, -0.15) is 0 Å². The summed E-state index contributed by atoms with van der Waals surface area (Å²) in [5.41, 5.74) is -1.82. The van der Waals surface area contributed by atoms with E-state index >= 15 is 0 Å². The standard InChI is InChI=1S/C20H14F4N4O2/c21-15-14(20(30)27-10-12-4-2-6-26-9-12)16(22)18(24)19(17(15)23)28-13(29)7-11-3-1-5-25-8-11/h1-6,8-9H,7,10H2,(H,27,30)(H,28,29). The number of hydrogen-bond acceptors (Lipinski definition) is 4. The lowest BCUT2D eigenvalue weighted by Crippen LogP contribution is -2.27. The maximum atomic E-state index is 14.3. The molecule has 2 aromatic heterocycles. The van der Waals surface area contributed by atoms with Crippen molar-refractivity contribution in [1.29, 1.82) is 0 Å². The second kappa shape index (κ2) is 9.12. The summed E-state index contributed by atoms with van der Waals surface area (Å²) in [5.74, 6) is -9.91. The molecule has 0 bridgehead atoms. The average Bonchev–Trinajstić information content (AvgIpc) is 2.75. The summed E-state index contributed by atoms with van der Waals surface area (Å²) in [4.78, 5) is 31.7. The van der Waals surface area contributed by atoms with E-state index in [0.29, 0.717) is 11.1 Å². The van der Waals surface area contributed by atoms with Gasteiger partial charge in [0, 0.05) is 31.3 Å². The zero-order valence-electron chi connectivity index (χ0n) is 15.3. The number of halogens is 4. The van der Waals surface area contributed by atoms with Gasteiger partial charge in [-0.3, -0.25) is 19.6 Å². The summed E-state index contributed by atoms with van der Waals surface area (Å²) in [7, 11) is 0. The second-order valence-electron chi connectivity index (χ2n) is 6.14. The van der Waals surface area contributed by atoms with Gasteiger partial charge in [0.1, 0.15) is 11.3 Å². The number of benzene rings is 1. The topological polar surface area (TPSA) is 84.0 Å². The molecule has 0 aliphatic rings. The van der Waals surface area contributed by atoms with Crippen LogP contribution in [0.4, 0.5) is 23.2 Å². The van der Waals surface area contributed by atoms with E-state index in [1.54, 1.807) is 23.5 Å². The molecule has 0 atom stereocenters. The minimum absolute atomic E-state index is 0.168. The van der Waals surface area contributed by atoms with Crippen molar-refractivity contribution in [3.8, 4) is 0 Å². The van der Waals surface area contributed by atoms with Crippen molar-refractivity contribution < 1.29 is 27.2 Å². The molecule has 0 fully saturated rings. The summed E-state index contributed by atoms with van der Waals surface area (Å²) in [6.07, 6.45) is 5.36. The number of anilines is 1. The molecule has 10 heteroatoms. The predicted octanol–water partition coefficient (Wildman–Crippen LogP) is 3.14. The van der Waals surface area contributed by atoms with Gasteiger partial charge in [0.25, 0.3) is 5.91 Å². The summed E-state index contributed by atoms with van der Waals surface area (Å²) in [5, 5.41) is 3.95. The molecule has 1 aromatic carbocycles. The molecule has 2 N–H and O–H groups in total. The highest BCUT2D eigenvalue weighted by atomic mass is 19.2.